The Morgan fingerprint density at radius 2 is 1.56 bits per heavy atom. The molecule has 1 saturated heterocycles. The van der Waals surface area contributed by atoms with E-state index < -0.39 is 9.84 Å². The number of hydrogen-bond donors (Lipinski definition) is 1. The summed E-state index contributed by atoms with van der Waals surface area (Å²) in [6.45, 7) is 0. The molecule has 4 nitrogen and oxygen atoms in total. The van der Waals surface area contributed by atoms with Crippen LogP contribution in [0.4, 0.5) is 0 Å². The third-order valence-corrected chi connectivity index (χ3v) is 5.82. The number of carbonyl (C=O) groups excluding carboxylic acids is 1. The summed E-state index contributed by atoms with van der Waals surface area (Å²) >= 11 is 0. The van der Waals surface area contributed by atoms with Gasteiger partial charge in [-0.05, 0) is 19.3 Å². The second-order valence-corrected chi connectivity index (χ2v) is 7.88. The van der Waals surface area contributed by atoms with Crippen LogP contribution < -0.4 is 5.32 Å². The van der Waals surface area contributed by atoms with Gasteiger partial charge in [-0.3, -0.25) is 4.79 Å². The van der Waals surface area contributed by atoms with Gasteiger partial charge in [0.15, 0.2) is 9.84 Å². The minimum atomic E-state index is -2.96. The van der Waals surface area contributed by atoms with Crippen LogP contribution in [0.25, 0.3) is 0 Å². The third kappa shape index (κ3) is 3.97. The van der Waals surface area contributed by atoms with Crippen LogP contribution in [0, 0.1) is 5.92 Å². The van der Waals surface area contributed by atoms with Crippen molar-refractivity contribution in [3.8, 4) is 0 Å². The Morgan fingerprint density at radius 3 is 2.11 bits per heavy atom. The first kappa shape index (κ1) is 13.8. The standard InChI is InChI=1S/C13H23NO3S/c15-13(11-8-9-18(16,17)10-11)14-12-6-4-2-1-3-5-7-12/h11-12H,1-10H2,(H,14,15)/t11-/m0/s1. The fourth-order valence-corrected chi connectivity index (χ4v) is 4.66. The fourth-order valence-electron chi connectivity index (χ4n) is 2.92. The molecular formula is C13H23NO3S. The molecule has 1 N–H and O–H groups in total. The summed E-state index contributed by atoms with van der Waals surface area (Å²) in [5, 5.41) is 3.06. The van der Waals surface area contributed by atoms with Gasteiger partial charge in [-0.2, -0.15) is 0 Å². The summed E-state index contributed by atoms with van der Waals surface area (Å²) in [4.78, 5) is 12.0. The zero-order chi connectivity index (χ0) is 13.0. The van der Waals surface area contributed by atoms with Gasteiger partial charge in [-0.25, -0.2) is 8.42 Å². The smallest absolute Gasteiger partial charge is 0.224 e. The predicted molar refractivity (Wildman–Crippen MR) is 71.0 cm³/mol. The molecule has 0 radical (unpaired) electrons. The molecule has 1 amide bonds. The molecule has 2 rings (SSSR count). The first-order valence-corrected chi connectivity index (χ1v) is 8.90. The van der Waals surface area contributed by atoms with Crippen molar-refractivity contribution in [2.24, 2.45) is 5.92 Å². The zero-order valence-electron chi connectivity index (χ0n) is 10.9. The van der Waals surface area contributed by atoms with E-state index in [2.05, 4.69) is 5.32 Å². The van der Waals surface area contributed by atoms with Crippen LogP contribution in [-0.4, -0.2) is 31.9 Å². The van der Waals surface area contributed by atoms with Crippen LogP contribution in [-0.2, 0) is 14.6 Å². The topological polar surface area (TPSA) is 63.2 Å². The van der Waals surface area contributed by atoms with Crippen molar-refractivity contribution in [2.75, 3.05) is 11.5 Å². The molecular weight excluding hydrogens is 250 g/mol. The summed E-state index contributed by atoms with van der Waals surface area (Å²) in [5.41, 5.74) is 0. The van der Waals surface area contributed by atoms with Crippen LogP contribution in [0.5, 0.6) is 0 Å². The van der Waals surface area contributed by atoms with Crippen LogP contribution in [0.1, 0.15) is 51.4 Å². The Morgan fingerprint density at radius 1 is 0.944 bits per heavy atom. The summed E-state index contributed by atoms with van der Waals surface area (Å²) in [6.07, 6.45) is 8.76. The van der Waals surface area contributed by atoms with E-state index in [-0.39, 0.29) is 29.4 Å². The van der Waals surface area contributed by atoms with Crippen molar-refractivity contribution in [1.29, 1.82) is 0 Å². The Kier molecular flexibility index (Phi) is 4.65. The molecule has 0 unspecified atom stereocenters. The Labute approximate surface area is 109 Å². The highest BCUT2D eigenvalue weighted by Gasteiger charge is 2.33. The predicted octanol–water partition coefficient (Wildman–Crippen LogP) is 1.65. The van der Waals surface area contributed by atoms with Crippen molar-refractivity contribution < 1.29 is 13.2 Å². The summed E-state index contributed by atoms with van der Waals surface area (Å²) in [5.74, 6) is -0.122. The maximum atomic E-state index is 12.0. The lowest BCUT2D eigenvalue weighted by molar-refractivity contribution is -0.125. The molecule has 1 heterocycles. The van der Waals surface area contributed by atoms with Crippen molar-refractivity contribution in [1.82, 2.24) is 5.32 Å². The monoisotopic (exact) mass is 273 g/mol. The van der Waals surface area contributed by atoms with Crippen molar-refractivity contribution >= 4 is 15.7 Å². The lowest BCUT2D eigenvalue weighted by Gasteiger charge is -2.22. The first-order valence-electron chi connectivity index (χ1n) is 7.08. The second-order valence-electron chi connectivity index (χ2n) is 5.65. The number of carbonyl (C=O) groups is 1. The highest BCUT2D eigenvalue weighted by molar-refractivity contribution is 7.91. The van der Waals surface area contributed by atoms with Gasteiger partial charge in [0, 0.05) is 6.04 Å². The summed E-state index contributed by atoms with van der Waals surface area (Å²) < 4.78 is 22.7. The van der Waals surface area contributed by atoms with E-state index in [1.165, 1.54) is 32.1 Å². The van der Waals surface area contributed by atoms with Gasteiger partial charge < -0.3 is 5.32 Å². The second kappa shape index (κ2) is 6.04. The average Bonchev–Trinajstić information content (AvgIpc) is 2.62. The largest absolute Gasteiger partial charge is 0.353 e. The molecule has 18 heavy (non-hydrogen) atoms. The number of nitrogens with one attached hydrogen (secondary N) is 1. The molecule has 0 aromatic rings. The molecule has 1 atom stereocenters. The minimum absolute atomic E-state index is 0.0401. The Hall–Kier alpha value is -0.580. The van der Waals surface area contributed by atoms with Gasteiger partial charge in [0.1, 0.15) is 0 Å². The molecule has 1 aliphatic carbocycles. The van der Waals surface area contributed by atoms with E-state index in [0.29, 0.717) is 6.42 Å². The quantitative estimate of drug-likeness (QED) is 0.832. The number of rotatable bonds is 2. The van der Waals surface area contributed by atoms with Gasteiger partial charge in [0.25, 0.3) is 0 Å². The van der Waals surface area contributed by atoms with Crippen LogP contribution >= 0.6 is 0 Å². The maximum Gasteiger partial charge on any atom is 0.224 e. The van der Waals surface area contributed by atoms with Gasteiger partial charge in [0.05, 0.1) is 17.4 Å². The van der Waals surface area contributed by atoms with Crippen LogP contribution in [0.2, 0.25) is 0 Å². The van der Waals surface area contributed by atoms with E-state index in [1.807, 2.05) is 0 Å². The van der Waals surface area contributed by atoms with E-state index in [9.17, 15) is 13.2 Å². The third-order valence-electron chi connectivity index (χ3n) is 4.05. The lowest BCUT2D eigenvalue weighted by Crippen LogP contribution is -2.39. The molecule has 2 fully saturated rings. The SMILES string of the molecule is O=C(NC1CCCCCCC1)[C@H]1CCS(=O)(=O)C1. The zero-order valence-corrected chi connectivity index (χ0v) is 11.7. The number of amides is 1. The molecule has 5 heteroatoms. The Bertz CT molecular complexity index is 383. The Balaban J connectivity index is 1.82. The summed E-state index contributed by atoms with van der Waals surface area (Å²) in [6, 6.07) is 0.265. The molecule has 0 aromatic carbocycles. The molecule has 2 aliphatic rings. The first-order chi connectivity index (χ1) is 8.57. The lowest BCUT2D eigenvalue weighted by atomic mass is 9.96. The highest BCUT2D eigenvalue weighted by Crippen LogP contribution is 2.21. The molecule has 1 saturated carbocycles. The number of sulfone groups is 1. The molecule has 0 aromatic heterocycles. The normalized spacial score (nSPS) is 29.4. The van der Waals surface area contributed by atoms with E-state index >= 15 is 0 Å². The van der Waals surface area contributed by atoms with E-state index in [1.54, 1.807) is 0 Å². The van der Waals surface area contributed by atoms with Crippen molar-refractivity contribution in [3.63, 3.8) is 0 Å². The summed E-state index contributed by atoms with van der Waals surface area (Å²) in [7, 11) is -2.96. The minimum Gasteiger partial charge on any atom is -0.353 e. The van der Waals surface area contributed by atoms with Crippen molar-refractivity contribution in [2.45, 2.75) is 57.4 Å². The van der Waals surface area contributed by atoms with Gasteiger partial charge in [-0.15, -0.1) is 0 Å². The molecule has 1 aliphatic heterocycles. The number of hydrogen-bond acceptors (Lipinski definition) is 3. The highest BCUT2D eigenvalue weighted by atomic mass is 32.2. The van der Waals surface area contributed by atoms with Crippen LogP contribution in [0.15, 0.2) is 0 Å². The van der Waals surface area contributed by atoms with Gasteiger partial charge >= 0.3 is 0 Å². The van der Waals surface area contributed by atoms with Gasteiger partial charge in [-0.1, -0.05) is 32.1 Å². The molecule has 0 spiro atoms. The molecule has 104 valence electrons. The van der Waals surface area contributed by atoms with Crippen molar-refractivity contribution in [3.05, 3.63) is 0 Å². The van der Waals surface area contributed by atoms with Gasteiger partial charge in [0.2, 0.25) is 5.91 Å². The van der Waals surface area contributed by atoms with Crippen LogP contribution in [0.3, 0.4) is 0 Å². The van der Waals surface area contributed by atoms with E-state index in [4.69, 9.17) is 0 Å². The van der Waals surface area contributed by atoms with E-state index in [0.717, 1.165) is 12.8 Å². The maximum absolute atomic E-state index is 12.0. The molecule has 0 bridgehead atoms. The fraction of sp³-hybridized carbons (Fsp3) is 0.923. The average molecular weight is 273 g/mol.